The highest BCUT2D eigenvalue weighted by Crippen LogP contribution is 2.53. The Morgan fingerprint density at radius 3 is 2.25 bits per heavy atom. The highest BCUT2D eigenvalue weighted by molar-refractivity contribution is 6.24. The number of methoxy groups -OCH3 is 3. The van der Waals surface area contributed by atoms with Gasteiger partial charge in [0.05, 0.1) is 38.9 Å². The molecule has 1 fully saturated rings. The number of aromatic hydroxyl groups is 1. The van der Waals surface area contributed by atoms with Crippen molar-refractivity contribution in [3.63, 3.8) is 0 Å². The Kier molecular flexibility index (Phi) is 8.81. The summed E-state index contributed by atoms with van der Waals surface area (Å²) < 4.78 is 16.1. The number of amides is 2. The molecule has 258 valence electrons. The molecule has 7 rings (SSSR count). The number of Topliss-reactive ketones (excluding diaryl/α,β-unsaturated/α-hetero) is 1. The van der Waals surface area contributed by atoms with Crippen molar-refractivity contribution in [3.8, 4) is 23.0 Å². The van der Waals surface area contributed by atoms with E-state index in [1.54, 1.807) is 45.4 Å². The molecule has 0 spiro atoms. The van der Waals surface area contributed by atoms with Crippen LogP contribution >= 0.6 is 0 Å². The van der Waals surface area contributed by atoms with E-state index in [1.807, 2.05) is 60.7 Å². The average Bonchev–Trinajstić information content (AvgIpc) is 3.40. The van der Waals surface area contributed by atoms with Crippen LogP contribution in [0.4, 0.5) is 5.69 Å². The molecule has 4 aliphatic rings. The molecule has 1 saturated heterocycles. The van der Waals surface area contributed by atoms with Crippen LogP contribution in [-0.4, -0.2) is 49.8 Å². The number of allylic oxidation sites excluding steroid dienone is 7. The monoisotopic (exact) mass is 683 g/mol. The smallest absolute Gasteiger partial charge is 0.238 e. The number of ether oxygens (including phenoxy) is 3. The van der Waals surface area contributed by atoms with Crippen LogP contribution in [0.2, 0.25) is 0 Å². The van der Waals surface area contributed by atoms with Gasteiger partial charge >= 0.3 is 0 Å². The molecule has 4 atom stereocenters. The highest BCUT2D eigenvalue weighted by atomic mass is 16.5. The topological polar surface area (TPSA) is 119 Å². The molecule has 0 radical (unpaired) electrons. The fourth-order valence-corrected chi connectivity index (χ4v) is 7.81. The number of carbonyl (C=O) groups excluding carboxylic acids is 4. The minimum Gasteiger partial charge on any atom is -0.504 e. The van der Waals surface area contributed by atoms with Crippen molar-refractivity contribution in [2.45, 2.75) is 19.8 Å². The SMILES string of the molecule is COc1ccc(OC)c(C=Cc2ccc(N3C(=O)C4CC=C5C(C=Cc6ccc(O)c(OC)c6)C6=C(CC5C4C3=O)C(=O)C(C)=CC6=O)cc2)c1. The number of phenolic OH excluding ortho intramolecular Hbond substituents is 1. The third-order valence-electron chi connectivity index (χ3n) is 10.3. The molecule has 9 heteroatoms. The standard InChI is InChI=1S/C42H37NO8/c1-23-19-35(45)38-30(14-8-25-9-17-34(44)37(20-25)51-4)29-15-16-31-39(32(29)22-33(38)40(23)46)42(48)43(41(31)47)27-11-6-24(7-12-27)5-10-26-21-28(49-2)13-18-36(26)50-3/h5-15,17-21,30-32,39,44H,16,22H2,1-4H3. The molecular weight excluding hydrogens is 646 g/mol. The number of anilines is 1. The van der Waals surface area contributed by atoms with Gasteiger partial charge in [-0.15, -0.1) is 0 Å². The number of carbonyl (C=O) groups is 4. The van der Waals surface area contributed by atoms with Gasteiger partial charge in [0.2, 0.25) is 11.8 Å². The summed E-state index contributed by atoms with van der Waals surface area (Å²) in [5, 5.41) is 10.1. The fourth-order valence-electron chi connectivity index (χ4n) is 7.81. The van der Waals surface area contributed by atoms with E-state index >= 15 is 0 Å². The fraction of sp³-hybridized carbons (Fsp3) is 0.238. The van der Waals surface area contributed by atoms with E-state index in [1.165, 1.54) is 24.2 Å². The summed E-state index contributed by atoms with van der Waals surface area (Å²) in [6.45, 7) is 1.63. The molecular formula is C42H37NO8. The Morgan fingerprint density at radius 2 is 1.53 bits per heavy atom. The second-order valence-corrected chi connectivity index (χ2v) is 13.1. The third-order valence-corrected chi connectivity index (χ3v) is 10.3. The number of nitrogens with zero attached hydrogens (tertiary/aromatic N) is 1. The van der Waals surface area contributed by atoms with E-state index in [9.17, 15) is 24.3 Å². The Bertz CT molecular complexity index is 2130. The van der Waals surface area contributed by atoms with Crippen LogP contribution < -0.4 is 19.1 Å². The van der Waals surface area contributed by atoms with Gasteiger partial charge in [0.25, 0.3) is 0 Å². The molecule has 3 aromatic rings. The summed E-state index contributed by atoms with van der Waals surface area (Å²) in [5.74, 6) is -1.56. The maximum Gasteiger partial charge on any atom is 0.238 e. The summed E-state index contributed by atoms with van der Waals surface area (Å²) in [6.07, 6.45) is 11.4. The van der Waals surface area contributed by atoms with Gasteiger partial charge < -0.3 is 19.3 Å². The Morgan fingerprint density at radius 1 is 0.784 bits per heavy atom. The van der Waals surface area contributed by atoms with Gasteiger partial charge in [0.1, 0.15) is 11.5 Å². The summed E-state index contributed by atoms with van der Waals surface area (Å²) in [7, 11) is 4.67. The van der Waals surface area contributed by atoms with Crippen LogP contribution in [0.15, 0.2) is 101 Å². The predicted octanol–water partition coefficient (Wildman–Crippen LogP) is 6.77. The number of ketones is 2. The maximum absolute atomic E-state index is 14.3. The molecule has 1 N–H and O–H groups in total. The largest absolute Gasteiger partial charge is 0.504 e. The lowest BCUT2D eigenvalue weighted by Gasteiger charge is -2.41. The van der Waals surface area contributed by atoms with Gasteiger partial charge in [0, 0.05) is 28.2 Å². The van der Waals surface area contributed by atoms with Crippen LogP contribution in [0.1, 0.15) is 36.5 Å². The average molecular weight is 684 g/mol. The minimum absolute atomic E-state index is 0.000963. The van der Waals surface area contributed by atoms with E-state index in [0.717, 1.165) is 22.3 Å². The number of benzene rings is 3. The van der Waals surface area contributed by atoms with Crippen LogP contribution in [0.3, 0.4) is 0 Å². The summed E-state index contributed by atoms with van der Waals surface area (Å²) in [6, 6.07) is 17.7. The number of hydrogen-bond acceptors (Lipinski definition) is 8. The van der Waals surface area contributed by atoms with Gasteiger partial charge in [-0.3, -0.25) is 24.1 Å². The molecule has 0 saturated carbocycles. The highest BCUT2D eigenvalue weighted by Gasteiger charge is 2.56. The summed E-state index contributed by atoms with van der Waals surface area (Å²) in [4.78, 5) is 56.5. The number of hydrogen-bond donors (Lipinski definition) is 1. The van der Waals surface area contributed by atoms with Gasteiger partial charge in [0.15, 0.2) is 23.1 Å². The van der Waals surface area contributed by atoms with Crippen LogP contribution in [0.5, 0.6) is 23.0 Å². The van der Waals surface area contributed by atoms with Crippen LogP contribution in [-0.2, 0) is 19.2 Å². The van der Waals surface area contributed by atoms with Crippen molar-refractivity contribution < 1.29 is 38.5 Å². The Balaban J connectivity index is 1.19. The Hall–Kier alpha value is -5.96. The van der Waals surface area contributed by atoms with Crippen molar-refractivity contribution in [1.29, 1.82) is 0 Å². The van der Waals surface area contributed by atoms with Gasteiger partial charge in [-0.25, -0.2) is 0 Å². The number of imide groups is 1. The first-order chi connectivity index (χ1) is 24.6. The second-order valence-electron chi connectivity index (χ2n) is 13.1. The number of phenols is 1. The van der Waals surface area contributed by atoms with Gasteiger partial charge in [-0.1, -0.05) is 54.2 Å². The zero-order chi connectivity index (χ0) is 36.0. The molecule has 1 aliphatic heterocycles. The van der Waals surface area contributed by atoms with Crippen LogP contribution in [0.25, 0.3) is 18.2 Å². The minimum atomic E-state index is -0.676. The predicted molar refractivity (Wildman–Crippen MR) is 193 cm³/mol. The number of rotatable bonds is 8. The quantitative estimate of drug-likeness (QED) is 0.120. The molecule has 3 aliphatic carbocycles. The molecule has 4 unspecified atom stereocenters. The molecule has 0 aromatic heterocycles. The maximum atomic E-state index is 14.3. The van der Waals surface area contributed by atoms with Crippen molar-refractivity contribution in [2.75, 3.05) is 26.2 Å². The summed E-state index contributed by atoms with van der Waals surface area (Å²) in [5.41, 5.74) is 4.95. The molecule has 3 aromatic carbocycles. The summed E-state index contributed by atoms with van der Waals surface area (Å²) >= 11 is 0. The van der Waals surface area contributed by atoms with Gasteiger partial charge in [-0.2, -0.15) is 0 Å². The molecule has 1 heterocycles. The Labute approximate surface area is 295 Å². The lowest BCUT2D eigenvalue weighted by Crippen LogP contribution is -2.40. The van der Waals surface area contributed by atoms with Crippen molar-refractivity contribution >= 4 is 47.3 Å². The van der Waals surface area contributed by atoms with E-state index in [0.29, 0.717) is 46.1 Å². The second kappa shape index (κ2) is 13.4. The zero-order valence-electron chi connectivity index (χ0n) is 28.7. The zero-order valence-corrected chi connectivity index (χ0v) is 28.7. The van der Waals surface area contributed by atoms with Crippen LogP contribution in [0, 0.1) is 23.7 Å². The molecule has 9 nitrogen and oxygen atoms in total. The van der Waals surface area contributed by atoms with Crippen molar-refractivity contribution in [3.05, 3.63) is 118 Å². The van der Waals surface area contributed by atoms with E-state index in [4.69, 9.17) is 14.2 Å². The molecule has 2 amide bonds. The molecule has 51 heavy (non-hydrogen) atoms. The lowest BCUT2D eigenvalue weighted by atomic mass is 9.60. The first kappa shape index (κ1) is 33.5. The first-order valence-electron chi connectivity index (χ1n) is 16.8. The van der Waals surface area contributed by atoms with Crippen molar-refractivity contribution in [2.24, 2.45) is 23.7 Å². The van der Waals surface area contributed by atoms with E-state index in [-0.39, 0.29) is 35.6 Å². The lowest BCUT2D eigenvalue weighted by molar-refractivity contribution is -0.123. The molecule has 0 bridgehead atoms. The number of fused-ring (bicyclic) bond motifs is 3. The third kappa shape index (κ3) is 5.88. The van der Waals surface area contributed by atoms with Gasteiger partial charge in [-0.05, 0) is 85.4 Å². The first-order valence-corrected chi connectivity index (χ1v) is 16.8. The van der Waals surface area contributed by atoms with Crippen molar-refractivity contribution in [1.82, 2.24) is 0 Å². The van der Waals surface area contributed by atoms with E-state index in [2.05, 4.69) is 0 Å². The normalized spacial score (nSPS) is 22.9. The van der Waals surface area contributed by atoms with E-state index < -0.39 is 23.7 Å².